The van der Waals surface area contributed by atoms with Gasteiger partial charge in [0, 0.05) is 19.2 Å². The van der Waals surface area contributed by atoms with Crippen LogP contribution in [0.15, 0.2) is 0 Å². The molecule has 1 N–H and O–H groups in total. The molecule has 0 saturated heterocycles. The van der Waals surface area contributed by atoms with E-state index in [-0.39, 0.29) is 6.54 Å². The minimum atomic E-state index is -4.21. The van der Waals surface area contributed by atoms with Crippen LogP contribution in [0.4, 0.5) is 13.2 Å². The fourth-order valence-electron chi connectivity index (χ4n) is 1.20. The molecule has 0 bridgehead atoms. The molecule has 0 atom stereocenters. The number of alkyl halides is 3. The summed E-state index contributed by atoms with van der Waals surface area (Å²) in [6.07, 6.45) is -4.21. The first kappa shape index (κ1) is 12.3. The average molecular weight is 242 g/mol. The van der Waals surface area contributed by atoms with Crippen LogP contribution in [-0.2, 0) is 13.6 Å². The zero-order valence-corrected chi connectivity index (χ0v) is 9.08. The van der Waals surface area contributed by atoms with Crippen LogP contribution in [0.25, 0.3) is 0 Å². The Morgan fingerprint density at radius 1 is 1.47 bits per heavy atom. The van der Waals surface area contributed by atoms with E-state index in [1.165, 1.54) is 4.68 Å². The highest BCUT2D eigenvalue weighted by atomic mass is 35.5. The third kappa shape index (κ3) is 3.39. The molecule has 7 heteroatoms. The van der Waals surface area contributed by atoms with Crippen LogP contribution in [0.2, 0.25) is 5.15 Å². The van der Waals surface area contributed by atoms with Gasteiger partial charge in [-0.1, -0.05) is 11.6 Å². The van der Waals surface area contributed by atoms with Gasteiger partial charge in [-0.2, -0.15) is 18.3 Å². The lowest BCUT2D eigenvalue weighted by Crippen LogP contribution is -2.28. The Labute approximate surface area is 90.2 Å². The highest BCUT2D eigenvalue weighted by Crippen LogP contribution is 2.19. The molecule has 0 radical (unpaired) electrons. The standard InChI is InChI=1S/C8H11ClF3N3/c1-5-6(7(9)15(2)14-5)3-13-4-8(10,11)12/h13H,3-4H2,1-2H3. The third-order valence-corrected chi connectivity index (χ3v) is 2.37. The first-order valence-electron chi connectivity index (χ1n) is 4.26. The smallest absolute Gasteiger partial charge is 0.304 e. The van der Waals surface area contributed by atoms with Crippen molar-refractivity contribution >= 4 is 11.6 Å². The summed E-state index contributed by atoms with van der Waals surface area (Å²) in [6.45, 7) is 0.742. The molecule has 0 aromatic carbocycles. The summed E-state index contributed by atoms with van der Waals surface area (Å²) in [4.78, 5) is 0. The molecular formula is C8H11ClF3N3. The molecule has 0 fully saturated rings. The van der Waals surface area contributed by atoms with Gasteiger partial charge < -0.3 is 5.32 Å². The highest BCUT2D eigenvalue weighted by molar-refractivity contribution is 6.30. The Bertz CT molecular complexity index is 346. The Kier molecular flexibility index (Phi) is 3.62. The zero-order chi connectivity index (χ0) is 11.6. The van der Waals surface area contributed by atoms with Crippen molar-refractivity contribution in [1.29, 1.82) is 0 Å². The summed E-state index contributed by atoms with van der Waals surface area (Å²) in [5.41, 5.74) is 1.24. The molecule has 0 unspecified atom stereocenters. The summed E-state index contributed by atoms with van der Waals surface area (Å²) in [7, 11) is 1.64. The molecular weight excluding hydrogens is 231 g/mol. The lowest BCUT2D eigenvalue weighted by atomic mass is 10.2. The molecule has 0 aliphatic heterocycles. The Balaban J connectivity index is 2.58. The van der Waals surface area contributed by atoms with Gasteiger partial charge in [0.1, 0.15) is 5.15 Å². The summed E-state index contributed by atoms with van der Waals surface area (Å²) in [6, 6.07) is 0. The SMILES string of the molecule is Cc1nn(C)c(Cl)c1CNCC(F)(F)F. The molecule has 86 valence electrons. The second kappa shape index (κ2) is 4.40. The lowest BCUT2D eigenvalue weighted by Gasteiger charge is -2.07. The first-order valence-corrected chi connectivity index (χ1v) is 4.64. The van der Waals surface area contributed by atoms with Crippen LogP contribution in [0.1, 0.15) is 11.3 Å². The van der Waals surface area contributed by atoms with Crippen molar-refractivity contribution in [1.82, 2.24) is 15.1 Å². The molecule has 1 rings (SSSR count). The van der Waals surface area contributed by atoms with Gasteiger partial charge >= 0.3 is 6.18 Å². The van der Waals surface area contributed by atoms with Crippen molar-refractivity contribution in [2.45, 2.75) is 19.6 Å². The minimum absolute atomic E-state index is 0.0675. The topological polar surface area (TPSA) is 29.9 Å². The Hall–Kier alpha value is -0.750. The predicted octanol–water partition coefficient (Wildman–Crippen LogP) is 2.03. The van der Waals surface area contributed by atoms with Crippen molar-refractivity contribution in [3.63, 3.8) is 0 Å². The number of aromatic nitrogens is 2. The second-order valence-corrected chi connectivity index (χ2v) is 3.56. The second-order valence-electron chi connectivity index (χ2n) is 3.20. The van der Waals surface area contributed by atoms with Crippen LogP contribution in [0.3, 0.4) is 0 Å². The van der Waals surface area contributed by atoms with Crippen molar-refractivity contribution in [2.75, 3.05) is 6.54 Å². The van der Waals surface area contributed by atoms with Crippen molar-refractivity contribution < 1.29 is 13.2 Å². The first-order chi connectivity index (χ1) is 6.81. The van der Waals surface area contributed by atoms with Gasteiger partial charge in [0.2, 0.25) is 0 Å². The predicted molar refractivity (Wildman–Crippen MR) is 50.7 cm³/mol. The van der Waals surface area contributed by atoms with Gasteiger partial charge in [0.15, 0.2) is 0 Å². The monoisotopic (exact) mass is 241 g/mol. The van der Waals surface area contributed by atoms with E-state index < -0.39 is 12.7 Å². The summed E-state index contributed by atoms with van der Waals surface area (Å²) < 4.78 is 37.0. The van der Waals surface area contributed by atoms with Crippen molar-refractivity contribution in [3.8, 4) is 0 Å². The largest absolute Gasteiger partial charge is 0.401 e. The molecule has 0 aliphatic rings. The molecule has 0 amide bonds. The van der Waals surface area contributed by atoms with Gasteiger partial charge in [-0.3, -0.25) is 4.68 Å². The average Bonchev–Trinajstić information content (AvgIpc) is 2.29. The fourth-order valence-corrected chi connectivity index (χ4v) is 1.45. The maximum absolute atomic E-state index is 11.8. The number of rotatable bonds is 3. The maximum Gasteiger partial charge on any atom is 0.401 e. The third-order valence-electron chi connectivity index (χ3n) is 1.90. The summed E-state index contributed by atoms with van der Waals surface area (Å²) >= 11 is 5.84. The highest BCUT2D eigenvalue weighted by Gasteiger charge is 2.26. The summed E-state index contributed by atoms with van der Waals surface area (Å²) in [5, 5.41) is 6.63. The maximum atomic E-state index is 11.8. The van der Waals surface area contributed by atoms with E-state index in [9.17, 15) is 13.2 Å². The summed E-state index contributed by atoms with van der Waals surface area (Å²) in [5.74, 6) is 0. The van der Waals surface area contributed by atoms with Gasteiger partial charge in [0.25, 0.3) is 0 Å². The van der Waals surface area contributed by atoms with E-state index in [1.807, 2.05) is 0 Å². The van der Waals surface area contributed by atoms with E-state index in [4.69, 9.17) is 11.6 Å². The van der Waals surface area contributed by atoms with Gasteiger partial charge in [0.05, 0.1) is 12.2 Å². The quantitative estimate of drug-likeness (QED) is 0.878. The fraction of sp³-hybridized carbons (Fsp3) is 0.625. The number of nitrogens with zero attached hydrogens (tertiary/aromatic N) is 2. The number of hydrogen-bond acceptors (Lipinski definition) is 2. The van der Waals surface area contributed by atoms with E-state index in [1.54, 1.807) is 14.0 Å². The Morgan fingerprint density at radius 3 is 2.47 bits per heavy atom. The molecule has 15 heavy (non-hydrogen) atoms. The van der Waals surface area contributed by atoms with Crippen LogP contribution >= 0.6 is 11.6 Å². The van der Waals surface area contributed by atoms with E-state index in [0.29, 0.717) is 16.4 Å². The normalized spacial score (nSPS) is 12.1. The number of aryl methyl sites for hydroxylation is 2. The van der Waals surface area contributed by atoms with E-state index in [2.05, 4.69) is 10.4 Å². The molecule has 1 aromatic rings. The van der Waals surface area contributed by atoms with Crippen molar-refractivity contribution in [2.24, 2.45) is 7.05 Å². The minimum Gasteiger partial charge on any atom is -0.304 e. The van der Waals surface area contributed by atoms with Gasteiger partial charge in [-0.05, 0) is 6.92 Å². The van der Waals surface area contributed by atoms with Crippen LogP contribution < -0.4 is 5.32 Å². The van der Waals surface area contributed by atoms with E-state index in [0.717, 1.165) is 0 Å². The number of hydrogen-bond donors (Lipinski definition) is 1. The molecule has 3 nitrogen and oxygen atoms in total. The zero-order valence-electron chi connectivity index (χ0n) is 8.32. The number of nitrogens with one attached hydrogen (secondary N) is 1. The van der Waals surface area contributed by atoms with Crippen LogP contribution in [-0.4, -0.2) is 22.5 Å². The molecule has 0 spiro atoms. The van der Waals surface area contributed by atoms with E-state index >= 15 is 0 Å². The molecule has 1 aromatic heterocycles. The number of halogens is 4. The van der Waals surface area contributed by atoms with Gasteiger partial charge in [-0.15, -0.1) is 0 Å². The molecule has 1 heterocycles. The van der Waals surface area contributed by atoms with Gasteiger partial charge in [-0.25, -0.2) is 0 Å². The molecule has 0 aliphatic carbocycles. The lowest BCUT2D eigenvalue weighted by molar-refractivity contribution is -0.125. The van der Waals surface area contributed by atoms with Crippen LogP contribution in [0.5, 0.6) is 0 Å². The Morgan fingerprint density at radius 2 is 2.07 bits per heavy atom. The molecule has 0 saturated carbocycles. The van der Waals surface area contributed by atoms with Crippen molar-refractivity contribution in [3.05, 3.63) is 16.4 Å². The van der Waals surface area contributed by atoms with Crippen LogP contribution in [0, 0.1) is 6.92 Å².